The predicted molar refractivity (Wildman–Crippen MR) is 157 cm³/mol. The van der Waals surface area contributed by atoms with E-state index in [-0.39, 0.29) is 48.2 Å². The summed E-state index contributed by atoms with van der Waals surface area (Å²) in [4.78, 5) is 41.3. The first-order valence-corrected chi connectivity index (χ1v) is 15.0. The standard InChI is InChI=1S/C33H36FN3O7/c1-2-36-27-21-13-18-12-20-24(28(39)23(18)30(41)33(21,44)31(42)25(29(27)40)32(35)43)22(38)14-19(26(20)34)15-37-10-8-17(9-11-37)16-6-4-3-5-7-16/h3-7,14,17-18,21,27,36,38,40-41,44H,2,8-13,15H2,1H3,(H2,35,43)/t18-,21-,27-,33-/m0/s1. The number of phenols is 1. The van der Waals surface area contributed by atoms with Gasteiger partial charge in [-0.1, -0.05) is 37.3 Å². The number of amides is 1. The zero-order chi connectivity index (χ0) is 31.5. The maximum Gasteiger partial charge on any atom is 0.255 e. The molecule has 2 aromatic carbocycles. The van der Waals surface area contributed by atoms with E-state index in [0.29, 0.717) is 5.92 Å². The number of fused-ring (bicyclic) bond motifs is 3. The summed E-state index contributed by atoms with van der Waals surface area (Å²) < 4.78 is 16.1. The highest BCUT2D eigenvalue weighted by molar-refractivity contribution is 6.24. The maximum absolute atomic E-state index is 16.1. The number of aliphatic hydroxyl groups excluding tert-OH is 2. The first-order chi connectivity index (χ1) is 21.0. The number of phenolic OH excluding ortho intramolecular Hbond substituents is 1. The highest BCUT2D eigenvalue weighted by Crippen LogP contribution is 2.52. The van der Waals surface area contributed by atoms with Crippen LogP contribution in [0.4, 0.5) is 4.39 Å². The lowest BCUT2D eigenvalue weighted by atomic mass is 9.58. The Balaban J connectivity index is 1.32. The van der Waals surface area contributed by atoms with Gasteiger partial charge < -0.3 is 31.5 Å². The molecule has 0 saturated carbocycles. The number of nitrogens with two attached hydrogens (primary N) is 1. The van der Waals surface area contributed by atoms with Crippen LogP contribution in [0.2, 0.25) is 0 Å². The van der Waals surface area contributed by atoms with Gasteiger partial charge in [-0.15, -0.1) is 0 Å². The number of aromatic hydroxyl groups is 1. The fraction of sp³-hybridized carbons (Fsp3) is 0.424. The molecule has 0 spiro atoms. The molecule has 232 valence electrons. The minimum Gasteiger partial charge on any atom is -0.510 e. The van der Waals surface area contributed by atoms with E-state index in [1.165, 1.54) is 11.6 Å². The van der Waals surface area contributed by atoms with Crippen molar-refractivity contribution in [2.45, 2.75) is 56.7 Å². The maximum atomic E-state index is 16.1. The average molecular weight is 606 g/mol. The molecule has 1 heterocycles. The Morgan fingerprint density at radius 3 is 2.43 bits per heavy atom. The van der Waals surface area contributed by atoms with Gasteiger partial charge in [0.25, 0.3) is 5.91 Å². The number of benzene rings is 2. The average Bonchev–Trinajstić information content (AvgIpc) is 3.00. The van der Waals surface area contributed by atoms with Crippen molar-refractivity contribution in [1.29, 1.82) is 0 Å². The number of likely N-dealkylation sites (N-methyl/N-ethyl adjacent to an activating group) is 1. The van der Waals surface area contributed by atoms with E-state index in [9.17, 15) is 34.8 Å². The molecular formula is C33H36FN3O7. The van der Waals surface area contributed by atoms with Crippen molar-refractivity contribution in [2.24, 2.45) is 17.6 Å². The van der Waals surface area contributed by atoms with Gasteiger partial charge >= 0.3 is 0 Å². The zero-order valence-electron chi connectivity index (χ0n) is 24.3. The van der Waals surface area contributed by atoms with Crippen LogP contribution in [-0.4, -0.2) is 74.1 Å². The molecule has 44 heavy (non-hydrogen) atoms. The van der Waals surface area contributed by atoms with Crippen molar-refractivity contribution in [3.8, 4) is 5.75 Å². The third kappa shape index (κ3) is 4.53. The normalized spacial score (nSPS) is 27.7. The summed E-state index contributed by atoms with van der Waals surface area (Å²) in [6.45, 7) is 3.70. The fourth-order valence-corrected chi connectivity index (χ4v) is 7.74. The van der Waals surface area contributed by atoms with E-state index in [2.05, 4.69) is 22.3 Å². The molecule has 2 aromatic rings. The Morgan fingerprint density at radius 2 is 1.80 bits per heavy atom. The highest BCUT2D eigenvalue weighted by Gasteiger charge is 2.62. The van der Waals surface area contributed by atoms with Gasteiger partial charge in [0.1, 0.15) is 28.7 Å². The van der Waals surface area contributed by atoms with Crippen LogP contribution in [0.1, 0.15) is 59.2 Å². The fourth-order valence-electron chi connectivity index (χ4n) is 7.74. The molecule has 1 saturated heterocycles. The number of nitrogens with zero attached hydrogens (tertiary/aromatic N) is 1. The number of piperidine rings is 1. The summed E-state index contributed by atoms with van der Waals surface area (Å²) in [5.74, 6) is -7.81. The quantitative estimate of drug-likeness (QED) is 0.271. The van der Waals surface area contributed by atoms with Crippen molar-refractivity contribution < 1.29 is 39.2 Å². The lowest BCUT2D eigenvalue weighted by Gasteiger charge is -2.48. The number of primary amides is 1. The van der Waals surface area contributed by atoms with Gasteiger partial charge in [-0.3, -0.25) is 19.3 Å². The molecule has 0 radical (unpaired) electrons. The molecule has 11 heteroatoms. The molecule has 0 aromatic heterocycles. The number of allylic oxidation sites excluding steroid dienone is 1. The summed E-state index contributed by atoms with van der Waals surface area (Å²) in [6, 6.07) is 10.3. The van der Waals surface area contributed by atoms with Gasteiger partial charge in [-0.2, -0.15) is 0 Å². The number of hydrogen-bond acceptors (Lipinski definition) is 9. The van der Waals surface area contributed by atoms with Crippen LogP contribution in [0.3, 0.4) is 0 Å². The Hall–Kier alpha value is -4.06. The van der Waals surface area contributed by atoms with Crippen molar-refractivity contribution in [3.05, 3.63) is 87.1 Å². The molecule has 6 rings (SSSR count). The molecule has 7 N–H and O–H groups in total. The molecule has 10 nitrogen and oxygen atoms in total. The van der Waals surface area contributed by atoms with Crippen LogP contribution in [0.25, 0.3) is 0 Å². The molecule has 0 unspecified atom stereocenters. The SMILES string of the molecule is CCN[C@@H]1C(O)=C(C(N)=O)C(=O)[C@@]2(O)C(O)=C3C(=O)c4c(O)cc(CN5CCC(c6ccccc6)CC5)c(F)c4C[C@H]3C[C@@H]12. The van der Waals surface area contributed by atoms with E-state index in [0.717, 1.165) is 25.9 Å². The Morgan fingerprint density at radius 1 is 1.11 bits per heavy atom. The van der Waals surface area contributed by atoms with Crippen LogP contribution in [0.15, 0.2) is 59.1 Å². The van der Waals surface area contributed by atoms with E-state index in [4.69, 9.17) is 5.73 Å². The van der Waals surface area contributed by atoms with Gasteiger partial charge in [0.2, 0.25) is 5.78 Å². The van der Waals surface area contributed by atoms with Gasteiger partial charge in [-0.05, 0) is 68.8 Å². The van der Waals surface area contributed by atoms with Crippen molar-refractivity contribution in [3.63, 3.8) is 0 Å². The Bertz CT molecular complexity index is 1610. The second-order valence-electron chi connectivity index (χ2n) is 12.3. The molecule has 1 fully saturated rings. The third-order valence-corrected chi connectivity index (χ3v) is 9.89. The van der Waals surface area contributed by atoms with E-state index >= 15 is 4.39 Å². The van der Waals surface area contributed by atoms with Crippen molar-refractivity contribution in [2.75, 3.05) is 19.6 Å². The second-order valence-corrected chi connectivity index (χ2v) is 12.3. The number of carbonyl (C=O) groups is 3. The van der Waals surface area contributed by atoms with Gasteiger partial charge in [0.15, 0.2) is 11.4 Å². The predicted octanol–water partition coefficient (Wildman–Crippen LogP) is 2.69. The van der Waals surface area contributed by atoms with Gasteiger partial charge in [-0.25, -0.2) is 4.39 Å². The number of rotatable bonds is 6. The number of nitrogens with one attached hydrogen (secondary N) is 1. The lowest BCUT2D eigenvalue weighted by Crippen LogP contribution is -2.64. The molecule has 4 aliphatic rings. The summed E-state index contributed by atoms with van der Waals surface area (Å²) in [6.07, 6.45) is 1.63. The Labute approximate surface area is 253 Å². The largest absolute Gasteiger partial charge is 0.510 e. The minimum absolute atomic E-state index is 0.0101. The number of hydrogen-bond donors (Lipinski definition) is 6. The summed E-state index contributed by atoms with van der Waals surface area (Å²) in [7, 11) is 0. The lowest BCUT2D eigenvalue weighted by molar-refractivity contribution is -0.146. The molecule has 3 aliphatic carbocycles. The zero-order valence-corrected chi connectivity index (χ0v) is 24.3. The third-order valence-electron chi connectivity index (χ3n) is 9.89. The number of halogens is 1. The van der Waals surface area contributed by atoms with Crippen LogP contribution in [-0.2, 0) is 22.6 Å². The Kier molecular flexibility index (Phi) is 7.59. The number of aliphatic hydroxyl groups is 3. The number of Topliss-reactive ketones (excluding diaryl/α,β-unsaturated/α-hetero) is 2. The van der Waals surface area contributed by atoms with Crippen LogP contribution in [0, 0.1) is 17.7 Å². The first kappa shape index (κ1) is 30.0. The smallest absolute Gasteiger partial charge is 0.255 e. The van der Waals surface area contributed by atoms with Gasteiger partial charge in [0, 0.05) is 29.2 Å². The van der Waals surface area contributed by atoms with Crippen LogP contribution >= 0.6 is 0 Å². The van der Waals surface area contributed by atoms with Crippen molar-refractivity contribution >= 4 is 17.5 Å². The highest BCUT2D eigenvalue weighted by atomic mass is 19.1. The van der Waals surface area contributed by atoms with E-state index in [1.807, 2.05) is 18.2 Å². The first-order valence-electron chi connectivity index (χ1n) is 15.0. The second kappa shape index (κ2) is 11.1. The van der Waals surface area contributed by atoms with Gasteiger partial charge in [0.05, 0.1) is 11.6 Å². The molecule has 0 bridgehead atoms. The summed E-state index contributed by atoms with van der Waals surface area (Å²) in [5, 5.41) is 47.8. The monoisotopic (exact) mass is 605 g/mol. The van der Waals surface area contributed by atoms with Crippen LogP contribution in [0.5, 0.6) is 5.75 Å². The number of carbonyl (C=O) groups excluding carboxylic acids is 3. The van der Waals surface area contributed by atoms with Crippen molar-refractivity contribution in [1.82, 2.24) is 10.2 Å². The molecule has 4 atom stereocenters. The topological polar surface area (TPSA) is 173 Å². The number of ketones is 2. The molecule has 1 amide bonds. The summed E-state index contributed by atoms with van der Waals surface area (Å²) in [5.41, 5.74) is 2.64. The van der Waals surface area contributed by atoms with E-state index in [1.54, 1.807) is 6.92 Å². The molecule has 1 aliphatic heterocycles. The number of likely N-dealkylation sites (tertiary alicyclic amines) is 1. The van der Waals surface area contributed by atoms with Crippen LogP contribution < -0.4 is 11.1 Å². The molecular weight excluding hydrogens is 569 g/mol. The summed E-state index contributed by atoms with van der Waals surface area (Å²) >= 11 is 0. The minimum atomic E-state index is -2.73. The van der Waals surface area contributed by atoms with E-state index < -0.39 is 69.6 Å².